The Balaban J connectivity index is 1.34. The minimum atomic E-state index is -0.879. The second-order valence-corrected chi connectivity index (χ2v) is 9.61. The van der Waals surface area contributed by atoms with Gasteiger partial charge < -0.3 is 25.2 Å². The number of piperazine rings is 2. The highest BCUT2D eigenvalue weighted by Gasteiger charge is 2.35. The Bertz CT molecular complexity index is 1100. The number of amides is 3. The molecule has 1 unspecified atom stereocenters. The number of carbonyl (C=O) groups excluding carboxylic acids is 3. The van der Waals surface area contributed by atoms with Crippen molar-refractivity contribution in [3.8, 4) is 5.75 Å². The van der Waals surface area contributed by atoms with Crippen LogP contribution in [0.2, 0.25) is 10.0 Å². The molecule has 4 rings (SSSR count). The summed E-state index contributed by atoms with van der Waals surface area (Å²) in [6.07, 6.45) is -0.163. The van der Waals surface area contributed by atoms with Crippen LogP contribution in [0.3, 0.4) is 0 Å². The standard InChI is InChI=1S/C25H29Cl2N5O4/c1-36-22-5-3-2-4-20(22)31-10-8-30(9-11-31)16-24(34)32-7-6-28-25(35)21(32)15-23(33)29-19-13-17(26)12-18(27)14-19/h2-5,12-14,21H,6-11,15-16H2,1H3,(H,28,35)(H,29,33). The smallest absolute Gasteiger partial charge is 0.243 e. The molecule has 2 aliphatic heterocycles. The van der Waals surface area contributed by atoms with E-state index in [0.29, 0.717) is 41.9 Å². The minimum absolute atomic E-state index is 0.163. The van der Waals surface area contributed by atoms with Crippen LogP contribution >= 0.6 is 23.2 Å². The molecule has 3 amide bonds. The van der Waals surface area contributed by atoms with Crippen molar-refractivity contribution in [3.05, 3.63) is 52.5 Å². The third-order valence-corrected chi connectivity index (χ3v) is 6.77. The van der Waals surface area contributed by atoms with Crippen molar-refractivity contribution in [2.75, 3.05) is 63.1 Å². The molecule has 0 bridgehead atoms. The van der Waals surface area contributed by atoms with Gasteiger partial charge in [-0.15, -0.1) is 0 Å². The van der Waals surface area contributed by atoms with Crippen LogP contribution in [0.25, 0.3) is 0 Å². The fraction of sp³-hybridized carbons (Fsp3) is 0.400. The summed E-state index contributed by atoms with van der Waals surface area (Å²) >= 11 is 12.0. The van der Waals surface area contributed by atoms with Gasteiger partial charge in [-0.2, -0.15) is 0 Å². The summed E-state index contributed by atoms with van der Waals surface area (Å²) in [5.74, 6) is -0.0878. The molecule has 192 valence electrons. The lowest BCUT2D eigenvalue weighted by atomic mass is 10.1. The maximum Gasteiger partial charge on any atom is 0.243 e. The molecule has 0 spiro atoms. The normalized spacial score (nSPS) is 18.5. The van der Waals surface area contributed by atoms with E-state index >= 15 is 0 Å². The maximum absolute atomic E-state index is 13.2. The van der Waals surface area contributed by atoms with Gasteiger partial charge in [0.1, 0.15) is 11.8 Å². The molecule has 2 N–H and O–H groups in total. The van der Waals surface area contributed by atoms with Gasteiger partial charge in [0.15, 0.2) is 0 Å². The van der Waals surface area contributed by atoms with Crippen molar-refractivity contribution in [3.63, 3.8) is 0 Å². The molecule has 9 nitrogen and oxygen atoms in total. The molecule has 1 atom stereocenters. The number of rotatable bonds is 7. The first kappa shape index (κ1) is 26.1. The Morgan fingerprint density at radius 3 is 2.44 bits per heavy atom. The summed E-state index contributed by atoms with van der Waals surface area (Å²) in [4.78, 5) is 44.3. The van der Waals surface area contributed by atoms with Crippen LogP contribution in [0, 0.1) is 0 Å². The number of hydrogen-bond acceptors (Lipinski definition) is 6. The summed E-state index contributed by atoms with van der Waals surface area (Å²) in [5.41, 5.74) is 1.46. The highest BCUT2D eigenvalue weighted by molar-refractivity contribution is 6.35. The molecular weight excluding hydrogens is 505 g/mol. The average molecular weight is 534 g/mol. The lowest BCUT2D eigenvalue weighted by Crippen LogP contribution is -2.60. The maximum atomic E-state index is 13.2. The molecule has 0 saturated carbocycles. The zero-order chi connectivity index (χ0) is 25.7. The Hall–Kier alpha value is -3.01. The third-order valence-electron chi connectivity index (χ3n) is 6.33. The quantitative estimate of drug-likeness (QED) is 0.567. The summed E-state index contributed by atoms with van der Waals surface area (Å²) in [5, 5.41) is 6.24. The zero-order valence-corrected chi connectivity index (χ0v) is 21.5. The molecule has 0 aliphatic carbocycles. The van der Waals surface area contributed by atoms with Crippen molar-refractivity contribution >= 4 is 52.3 Å². The summed E-state index contributed by atoms with van der Waals surface area (Å²) < 4.78 is 5.47. The lowest BCUT2D eigenvalue weighted by molar-refractivity contribution is -0.145. The summed E-state index contributed by atoms with van der Waals surface area (Å²) in [7, 11) is 1.66. The summed E-state index contributed by atoms with van der Waals surface area (Å²) in [6, 6.07) is 11.7. The van der Waals surface area contributed by atoms with Crippen molar-refractivity contribution in [1.82, 2.24) is 15.1 Å². The Kier molecular flexibility index (Phi) is 8.56. The first-order chi connectivity index (χ1) is 17.3. The molecule has 0 radical (unpaired) electrons. The van der Waals surface area contributed by atoms with E-state index in [1.165, 1.54) is 4.90 Å². The molecule has 2 aliphatic rings. The molecule has 2 aromatic rings. The first-order valence-corrected chi connectivity index (χ1v) is 12.5. The highest BCUT2D eigenvalue weighted by atomic mass is 35.5. The van der Waals surface area contributed by atoms with E-state index in [-0.39, 0.29) is 24.8 Å². The first-order valence-electron chi connectivity index (χ1n) is 11.8. The largest absolute Gasteiger partial charge is 0.495 e. The van der Waals surface area contributed by atoms with E-state index in [1.807, 2.05) is 24.3 Å². The topological polar surface area (TPSA) is 94.2 Å². The van der Waals surface area contributed by atoms with E-state index in [2.05, 4.69) is 20.4 Å². The van der Waals surface area contributed by atoms with Gasteiger partial charge in [0, 0.05) is 55.0 Å². The number of halogens is 2. The second kappa shape index (κ2) is 11.8. The number of methoxy groups -OCH3 is 1. The number of nitrogens with zero attached hydrogens (tertiary/aromatic N) is 3. The van der Waals surface area contributed by atoms with Gasteiger partial charge in [-0.1, -0.05) is 35.3 Å². The van der Waals surface area contributed by atoms with Crippen molar-refractivity contribution in [1.29, 1.82) is 0 Å². The Labute approximate surface area is 220 Å². The van der Waals surface area contributed by atoms with Crippen molar-refractivity contribution in [2.24, 2.45) is 0 Å². The molecular formula is C25H29Cl2N5O4. The summed E-state index contributed by atoms with van der Waals surface area (Å²) in [6.45, 7) is 3.80. The predicted molar refractivity (Wildman–Crippen MR) is 140 cm³/mol. The van der Waals surface area contributed by atoms with Gasteiger partial charge in [-0.25, -0.2) is 0 Å². The van der Waals surface area contributed by atoms with Gasteiger partial charge in [0.25, 0.3) is 0 Å². The van der Waals surface area contributed by atoms with E-state index in [0.717, 1.165) is 24.5 Å². The lowest BCUT2D eigenvalue weighted by Gasteiger charge is -2.39. The fourth-order valence-electron chi connectivity index (χ4n) is 4.55. The van der Waals surface area contributed by atoms with Gasteiger partial charge >= 0.3 is 0 Å². The van der Waals surface area contributed by atoms with Crippen molar-refractivity contribution < 1.29 is 19.1 Å². The Morgan fingerprint density at radius 1 is 1.06 bits per heavy atom. The molecule has 11 heteroatoms. The van der Waals surface area contributed by atoms with Gasteiger partial charge in [0.2, 0.25) is 17.7 Å². The van der Waals surface area contributed by atoms with Crippen LogP contribution in [0.1, 0.15) is 6.42 Å². The van der Waals surface area contributed by atoms with Crippen molar-refractivity contribution in [2.45, 2.75) is 12.5 Å². The van der Waals surface area contributed by atoms with Crippen LogP contribution in [0.4, 0.5) is 11.4 Å². The molecule has 2 saturated heterocycles. The molecule has 0 aromatic heterocycles. The third kappa shape index (κ3) is 6.40. The van der Waals surface area contributed by atoms with Crippen LogP contribution in [0.15, 0.2) is 42.5 Å². The van der Waals surface area contributed by atoms with E-state index < -0.39 is 11.9 Å². The zero-order valence-electron chi connectivity index (χ0n) is 20.0. The minimum Gasteiger partial charge on any atom is -0.495 e. The van der Waals surface area contributed by atoms with Gasteiger partial charge in [-0.3, -0.25) is 19.3 Å². The number of para-hydroxylation sites is 2. The second-order valence-electron chi connectivity index (χ2n) is 8.74. The van der Waals surface area contributed by atoms with Crippen LogP contribution in [-0.4, -0.2) is 86.5 Å². The van der Waals surface area contributed by atoms with Gasteiger partial charge in [-0.05, 0) is 30.3 Å². The van der Waals surface area contributed by atoms with Crippen LogP contribution < -0.4 is 20.3 Å². The SMILES string of the molecule is COc1ccccc1N1CCN(CC(=O)N2CCNC(=O)C2CC(=O)Nc2cc(Cl)cc(Cl)c2)CC1. The fourth-order valence-corrected chi connectivity index (χ4v) is 5.08. The number of nitrogens with one attached hydrogen (secondary N) is 2. The van der Waals surface area contributed by atoms with Gasteiger partial charge in [0.05, 0.1) is 25.8 Å². The molecule has 36 heavy (non-hydrogen) atoms. The monoisotopic (exact) mass is 533 g/mol. The Morgan fingerprint density at radius 2 is 1.75 bits per heavy atom. The number of anilines is 2. The predicted octanol–water partition coefficient (Wildman–Crippen LogP) is 2.48. The number of hydrogen-bond donors (Lipinski definition) is 2. The molecule has 2 fully saturated rings. The number of carbonyl (C=O) groups is 3. The average Bonchev–Trinajstić information content (AvgIpc) is 2.85. The van der Waals surface area contributed by atoms with Crippen LogP contribution in [-0.2, 0) is 14.4 Å². The molecule has 2 heterocycles. The number of benzene rings is 2. The van der Waals surface area contributed by atoms with E-state index in [9.17, 15) is 14.4 Å². The number of ether oxygens (including phenoxy) is 1. The van der Waals surface area contributed by atoms with Crippen LogP contribution in [0.5, 0.6) is 5.75 Å². The van der Waals surface area contributed by atoms with E-state index in [4.69, 9.17) is 27.9 Å². The van der Waals surface area contributed by atoms with E-state index in [1.54, 1.807) is 25.3 Å². The highest BCUT2D eigenvalue weighted by Crippen LogP contribution is 2.28. The molecule has 2 aromatic carbocycles.